The van der Waals surface area contributed by atoms with Gasteiger partial charge in [0.2, 0.25) is 0 Å². The predicted molar refractivity (Wildman–Crippen MR) is 117 cm³/mol. The molecule has 160 valence electrons. The molecule has 1 aliphatic carbocycles. The molecule has 1 amide bonds. The molecular weight excluding hydrogens is 392 g/mol. The monoisotopic (exact) mass is 418 g/mol. The minimum Gasteiger partial charge on any atom is -0.319 e. The number of amides is 1. The summed E-state index contributed by atoms with van der Waals surface area (Å²) in [5.74, 6) is 0.279. The summed E-state index contributed by atoms with van der Waals surface area (Å²) in [7, 11) is 1.87. The van der Waals surface area contributed by atoms with Crippen molar-refractivity contribution in [2.45, 2.75) is 52.6 Å². The quantitative estimate of drug-likeness (QED) is 0.519. The molecule has 1 aliphatic rings. The van der Waals surface area contributed by atoms with E-state index >= 15 is 0 Å². The van der Waals surface area contributed by atoms with Crippen molar-refractivity contribution in [3.8, 4) is 0 Å². The second-order valence-corrected chi connectivity index (χ2v) is 8.23. The Balaban J connectivity index is 1.41. The number of fused-ring (bicyclic) bond motifs is 1. The highest BCUT2D eigenvalue weighted by atomic mass is 16.1. The molecule has 9 heteroatoms. The van der Waals surface area contributed by atoms with E-state index in [9.17, 15) is 4.79 Å². The number of hydrogen-bond donors (Lipinski definition) is 1. The average molecular weight is 419 g/mol. The largest absolute Gasteiger partial charge is 0.319 e. The van der Waals surface area contributed by atoms with Gasteiger partial charge in [-0.3, -0.25) is 18.8 Å². The Morgan fingerprint density at radius 1 is 1.23 bits per heavy atom. The fourth-order valence-corrected chi connectivity index (χ4v) is 4.08. The van der Waals surface area contributed by atoms with Crippen LogP contribution in [-0.4, -0.2) is 40.2 Å². The Bertz CT molecular complexity index is 1290. The van der Waals surface area contributed by atoms with Gasteiger partial charge in [-0.25, -0.2) is 4.98 Å². The van der Waals surface area contributed by atoms with E-state index in [-0.39, 0.29) is 5.91 Å². The number of nitrogens with zero attached hydrogens (tertiary/aromatic N) is 7. The molecule has 5 rings (SSSR count). The lowest BCUT2D eigenvalue weighted by Gasteiger charge is -2.08. The maximum Gasteiger partial charge on any atom is 0.256 e. The maximum atomic E-state index is 13.2. The third-order valence-corrected chi connectivity index (χ3v) is 5.96. The molecule has 0 saturated heterocycles. The fourth-order valence-electron chi connectivity index (χ4n) is 4.08. The van der Waals surface area contributed by atoms with E-state index in [4.69, 9.17) is 4.98 Å². The average Bonchev–Trinajstić information content (AvgIpc) is 3.33. The van der Waals surface area contributed by atoms with Gasteiger partial charge in [-0.15, -0.1) is 0 Å². The summed E-state index contributed by atoms with van der Waals surface area (Å²) in [5, 5.41) is 17.1. The number of rotatable bonds is 6. The van der Waals surface area contributed by atoms with Crippen LogP contribution in [0.4, 0.5) is 5.69 Å². The summed E-state index contributed by atoms with van der Waals surface area (Å²) < 4.78 is 5.53. The Morgan fingerprint density at radius 2 is 2.03 bits per heavy atom. The van der Waals surface area contributed by atoms with Crippen molar-refractivity contribution in [2.24, 2.45) is 7.05 Å². The second kappa shape index (κ2) is 7.33. The summed E-state index contributed by atoms with van der Waals surface area (Å²) in [6.07, 6.45) is 7.64. The Labute approximate surface area is 180 Å². The molecule has 0 aliphatic heterocycles. The van der Waals surface area contributed by atoms with E-state index in [1.165, 1.54) is 0 Å². The number of nitrogens with one attached hydrogen (secondary N) is 1. The van der Waals surface area contributed by atoms with Crippen LogP contribution in [0.1, 0.15) is 58.7 Å². The molecule has 9 nitrogen and oxygen atoms in total. The molecule has 0 unspecified atom stereocenters. The molecule has 31 heavy (non-hydrogen) atoms. The minimum absolute atomic E-state index is 0.167. The molecule has 0 aromatic carbocycles. The molecule has 4 aromatic rings. The number of carbonyl (C=O) groups is 1. The van der Waals surface area contributed by atoms with Crippen LogP contribution in [0.15, 0.2) is 24.7 Å². The lowest BCUT2D eigenvalue weighted by atomic mass is 10.1. The van der Waals surface area contributed by atoms with Crippen molar-refractivity contribution in [3.63, 3.8) is 0 Å². The molecule has 1 saturated carbocycles. The van der Waals surface area contributed by atoms with E-state index in [1.807, 2.05) is 41.8 Å². The zero-order chi connectivity index (χ0) is 21.7. The van der Waals surface area contributed by atoms with Crippen LogP contribution in [0.5, 0.6) is 0 Å². The van der Waals surface area contributed by atoms with Crippen LogP contribution in [0, 0.1) is 13.8 Å². The van der Waals surface area contributed by atoms with Crippen molar-refractivity contribution in [1.82, 2.24) is 34.3 Å². The number of carbonyl (C=O) groups excluding carboxylic acids is 1. The Kier molecular flexibility index (Phi) is 4.60. The van der Waals surface area contributed by atoms with Gasteiger partial charge in [0.1, 0.15) is 0 Å². The first-order valence-electron chi connectivity index (χ1n) is 10.6. The Hall–Kier alpha value is -3.49. The van der Waals surface area contributed by atoms with Crippen LogP contribution in [0.2, 0.25) is 0 Å². The number of aromatic nitrogens is 7. The van der Waals surface area contributed by atoms with E-state index in [0.717, 1.165) is 53.1 Å². The first kappa shape index (κ1) is 19.5. The van der Waals surface area contributed by atoms with Gasteiger partial charge in [-0.1, -0.05) is 0 Å². The van der Waals surface area contributed by atoms with Crippen molar-refractivity contribution in [2.75, 3.05) is 5.32 Å². The smallest absolute Gasteiger partial charge is 0.256 e. The topological polar surface area (TPSA) is 95.5 Å². The third kappa shape index (κ3) is 3.49. The molecule has 1 N–H and O–H groups in total. The van der Waals surface area contributed by atoms with Gasteiger partial charge in [0, 0.05) is 42.7 Å². The van der Waals surface area contributed by atoms with Gasteiger partial charge in [0.25, 0.3) is 5.91 Å². The van der Waals surface area contributed by atoms with Gasteiger partial charge in [0.15, 0.2) is 5.65 Å². The summed E-state index contributed by atoms with van der Waals surface area (Å²) in [5.41, 5.74) is 6.04. The minimum atomic E-state index is -0.167. The highest BCUT2D eigenvalue weighted by molar-refractivity contribution is 6.12. The first-order valence-corrected chi connectivity index (χ1v) is 10.6. The predicted octanol–water partition coefficient (Wildman–Crippen LogP) is 3.18. The highest BCUT2D eigenvalue weighted by Gasteiger charge is 2.28. The van der Waals surface area contributed by atoms with Crippen LogP contribution in [0.3, 0.4) is 0 Å². The summed E-state index contributed by atoms with van der Waals surface area (Å²) in [4.78, 5) is 18.0. The molecule has 0 bridgehead atoms. The summed E-state index contributed by atoms with van der Waals surface area (Å²) in [6, 6.07) is 1.93. The molecule has 4 heterocycles. The van der Waals surface area contributed by atoms with Crippen molar-refractivity contribution < 1.29 is 4.79 Å². The molecule has 0 radical (unpaired) electrons. The first-order chi connectivity index (χ1) is 14.9. The number of aryl methyl sites for hydroxylation is 3. The summed E-state index contributed by atoms with van der Waals surface area (Å²) in [6.45, 7) is 7.48. The normalized spacial score (nSPS) is 13.8. The standard InChI is InChI=1S/C22H26N8O/c1-5-30-14(3)16(9-24-30)11-29-12-17(10-23-29)25-22(31)18-8-19(15-6-7-15)26-21-20(18)13(2)27-28(21)4/h8-10,12,15H,5-7,11H2,1-4H3,(H,25,31). The molecular formula is C22H26N8O. The zero-order valence-corrected chi connectivity index (χ0v) is 18.3. The van der Waals surface area contributed by atoms with Gasteiger partial charge in [0.05, 0.1) is 41.3 Å². The Morgan fingerprint density at radius 3 is 2.74 bits per heavy atom. The van der Waals surface area contributed by atoms with Crippen LogP contribution < -0.4 is 5.32 Å². The lowest BCUT2D eigenvalue weighted by Crippen LogP contribution is -2.13. The van der Waals surface area contributed by atoms with E-state index in [1.54, 1.807) is 10.9 Å². The van der Waals surface area contributed by atoms with Crippen molar-refractivity contribution >= 4 is 22.6 Å². The SMILES string of the molecule is CCn1ncc(Cn2cc(NC(=O)c3cc(C4CC4)nc4c3c(C)nn4C)cn2)c1C. The van der Waals surface area contributed by atoms with Crippen molar-refractivity contribution in [3.05, 3.63) is 52.9 Å². The van der Waals surface area contributed by atoms with E-state index in [2.05, 4.69) is 34.5 Å². The molecule has 0 atom stereocenters. The third-order valence-electron chi connectivity index (χ3n) is 5.96. The second-order valence-electron chi connectivity index (χ2n) is 8.23. The van der Waals surface area contributed by atoms with Crippen LogP contribution >= 0.6 is 0 Å². The molecule has 4 aromatic heterocycles. The van der Waals surface area contributed by atoms with Crippen LogP contribution in [0.25, 0.3) is 11.0 Å². The fraction of sp³-hybridized carbons (Fsp3) is 0.409. The number of pyridine rings is 1. The highest BCUT2D eigenvalue weighted by Crippen LogP contribution is 2.40. The van der Waals surface area contributed by atoms with E-state index in [0.29, 0.717) is 23.7 Å². The summed E-state index contributed by atoms with van der Waals surface area (Å²) >= 11 is 0. The molecule has 0 spiro atoms. The van der Waals surface area contributed by atoms with Crippen LogP contribution in [-0.2, 0) is 20.1 Å². The molecule has 1 fully saturated rings. The zero-order valence-electron chi connectivity index (χ0n) is 18.3. The van der Waals surface area contributed by atoms with Gasteiger partial charge < -0.3 is 5.32 Å². The lowest BCUT2D eigenvalue weighted by molar-refractivity contribution is 0.102. The number of anilines is 1. The van der Waals surface area contributed by atoms with E-state index < -0.39 is 0 Å². The van der Waals surface area contributed by atoms with Gasteiger partial charge in [-0.05, 0) is 39.7 Å². The van der Waals surface area contributed by atoms with Gasteiger partial charge in [-0.2, -0.15) is 15.3 Å². The van der Waals surface area contributed by atoms with Gasteiger partial charge >= 0.3 is 0 Å². The number of hydrogen-bond acceptors (Lipinski definition) is 5. The maximum absolute atomic E-state index is 13.2. The van der Waals surface area contributed by atoms with Crippen molar-refractivity contribution in [1.29, 1.82) is 0 Å².